The van der Waals surface area contributed by atoms with Gasteiger partial charge in [-0.05, 0) is 11.4 Å². The maximum absolute atomic E-state index is 13.1. The predicted molar refractivity (Wildman–Crippen MR) is 112 cm³/mol. The average Bonchev–Trinajstić information content (AvgIpc) is 3.27. The van der Waals surface area contributed by atoms with Gasteiger partial charge in [0.1, 0.15) is 23.7 Å². The number of β-lactam (4-membered cyclic amide) rings is 1. The minimum atomic E-state index is -1.86. The third kappa shape index (κ3) is 4.16. The third-order valence-electron chi connectivity index (χ3n) is 4.77. The lowest BCUT2D eigenvalue weighted by atomic mass is 9.97. The standard InChI is InChI=1S/C18H20N4O8S2/c1-8(23)30-6-9-7-32-16-18(29-2,15(27)22(16)12(9)14(25)26)21-13(24)11(20-17(19)28)10-4-3-5-31-10/h3-5,11,16H,6-7H2,1-2H3,(H,21,24)(H,25,26)(H3,19,20,28)/t11?,16?,18-/m1/s1. The number of nitrogens with two attached hydrogens (primary N) is 1. The van der Waals surface area contributed by atoms with Crippen LogP contribution in [0.25, 0.3) is 0 Å². The second-order valence-corrected chi connectivity index (χ2v) is 8.81. The largest absolute Gasteiger partial charge is 0.477 e. The van der Waals surface area contributed by atoms with Crippen LogP contribution in [-0.2, 0) is 28.7 Å². The molecule has 5 N–H and O–H groups in total. The number of hydrogen-bond acceptors (Lipinski definition) is 9. The van der Waals surface area contributed by atoms with Gasteiger partial charge in [0.25, 0.3) is 17.5 Å². The minimum absolute atomic E-state index is 0.123. The molecule has 0 aliphatic carbocycles. The maximum atomic E-state index is 13.1. The summed E-state index contributed by atoms with van der Waals surface area (Å²) >= 11 is 2.34. The highest BCUT2D eigenvalue weighted by atomic mass is 32.2. The van der Waals surface area contributed by atoms with Crippen molar-refractivity contribution in [3.8, 4) is 0 Å². The number of urea groups is 1. The van der Waals surface area contributed by atoms with Gasteiger partial charge in [-0.3, -0.25) is 19.3 Å². The highest BCUT2D eigenvalue weighted by Gasteiger charge is 2.67. The van der Waals surface area contributed by atoms with Gasteiger partial charge in [0.05, 0.1) is 0 Å². The second kappa shape index (κ2) is 9.18. The Morgan fingerprint density at radius 2 is 2.12 bits per heavy atom. The van der Waals surface area contributed by atoms with Crippen molar-refractivity contribution in [1.82, 2.24) is 15.5 Å². The number of fused-ring (bicyclic) bond motifs is 1. The van der Waals surface area contributed by atoms with Crippen LogP contribution in [0.3, 0.4) is 0 Å². The zero-order valence-electron chi connectivity index (χ0n) is 16.9. The van der Waals surface area contributed by atoms with Gasteiger partial charge in [-0.15, -0.1) is 23.1 Å². The number of carbonyl (C=O) groups excluding carboxylic acids is 4. The highest BCUT2D eigenvalue weighted by molar-refractivity contribution is 8.00. The summed E-state index contributed by atoms with van der Waals surface area (Å²) in [6.45, 7) is 0.903. The molecule has 1 aromatic heterocycles. The number of hydrogen-bond donors (Lipinski definition) is 4. The molecule has 3 atom stereocenters. The smallest absolute Gasteiger partial charge is 0.352 e. The van der Waals surface area contributed by atoms with Crippen molar-refractivity contribution in [2.45, 2.75) is 24.1 Å². The molecule has 172 valence electrons. The number of methoxy groups -OCH3 is 1. The molecule has 2 aliphatic heterocycles. The average molecular weight is 485 g/mol. The lowest BCUT2D eigenvalue weighted by Crippen LogP contribution is -2.81. The first-order valence-electron chi connectivity index (χ1n) is 9.12. The zero-order chi connectivity index (χ0) is 23.6. The van der Waals surface area contributed by atoms with E-state index < -0.39 is 46.9 Å². The molecule has 1 saturated heterocycles. The quantitative estimate of drug-likeness (QED) is 0.220. The van der Waals surface area contributed by atoms with Crippen LogP contribution in [-0.4, -0.2) is 70.4 Å². The van der Waals surface area contributed by atoms with E-state index in [0.29, 0.717) is 4.88 Å². The summed E-state index contributed by atoms with van der Waals surface area (Å²) in [6.07, 6.45) is 0. The number of primary amides is 1. The van der Waals surface area contributed by atoms with Crippen molar-refractivity contribution in [1.29, 1.82) is 0 Å². The van der Waals surface area contributed by atoms with E-state index in [2.05, 4.69) is 10.6 Å². The first-order valence-corrected chi connectivity index (χ1v) is 11.1. The van der Waals surface area contributed by atoms with Gasteiger partial charge in [-0.25, -0.2) is 9.59 Å². The molecular weight excluding hydrogens is 464 g/mol. The van der Waals surface area contributed by atoms with Crippen LogP contribution in [0.15, 0.2) is 28.8 Å². The Labute approximate surface area is 190 Å². The molecule has 2 aliphatic rings. The van der Waals surface area contributed by atoms with Crippen molar-refractivity contribution in [2.24, 2.45) is 5.73 Å². The van der Waals surface area contributed by atoms with E-state index in [1.165, 1.54) is 25.4 Å². The van der Waals surface area contributed by atoms with Gasteiger partial charge in [0.15, 0.2) is 0 Å². The van der Waals surface area contributed by atoms with Gasteiger partial charge in [-0.1, -0.05) is 6.07 Å². The van der Waals surface area contributed by atoms with E-state index >= 15 is 0 Å². The number of rotatable bonds is 8. The lowest BCUT2D eigenvalue weighted by Gasteiger charge is -2.55. The first kappa shape index (κ1) is 23.6. The molecule has 14 heteroatoms. The zero-order valence-corrected chi connectivity index (χ0v) is 18.6. The fourth-order valence-corrected chi connectivity index (χ4v) is 5.56. The van der Waals surface area contributed by atoms with Crippen LogP contribution in [0.4, 0.5) is 4.79 Å². The number of esters is 1. The molecule has 0 bridgehead atoms. The Hall–Kier alpha value is -3.10. The molecule has 12 nitrogen and oxygen atoms in total. The van der Waals surface area contributed by atoms with Crippen LogP contribution in [0.1, 0.15) is 17.8 Å². The van der Waals surface area contributed by atoms with Crippen LogP contribution >= 0.6 is 23.1 Å². The Kier molecular flexibility index (Phi) is 6.76. The van der Waals surface area contributed by atoms with Gasteiger partial charge < -0.3 is 30.9 Å². The second-order valence-electron chi connectivity index (χ2n) is 6.76. The molecule has 0 saturated carbocycles. The topological polar surface area (TPSA) is 177 Å². The van der Waals surface area contributed by atoms with Crippen molar-refractivity contribution >= 4 is 52.9 Å². The minimum Gasteiger partial charge on any atom is -0.477 e. The molecular formula is C18H20N4O8S2. The molecule has 0 aromatic carbocycles. The summed E-state index contributed by atoms with van der Waals surface area (Å²) in [7, 11) is 1.20. The number of thiophene rings is 1. The van der Waals surface area contributed by atoms with Crippen LogP contribution in [0.2, 0.25) is 0 Å². The number of aliphatic carboxylic acids is 1. The number of carboxylic acid groups (broad SMARTS) is 1. The summed E-state index contributed by atoms with van der Waals surface area (Å²) in [5.74, 6) is -3.42. The molecule has 1 fully saturated rings. The molecule has 2 unspecified atom stereocenters. The Balaban J connectivity index is 1.87. The van der Waals surface area contributed by atoms with E-state index in [4.69, 9.17) is 15.2 Å². The summed E-state index contributed by atoms with van der Waals surface area (Å²) in [4.78, 5) is 61.9. The van der Waals surface area contributed by atoms with E-state index in [-0.39, 0.29) is 23.6 Å². The van der Waals surface area contributed by atoms with Gasteiger partial charge in [0, 0.05) is 30.2 Å². The fraction of sp³-hybridized carbons (Fsp3) is 0.389. The Bertz CT molecular complexity index is 995. The van der Waals surface area contributed by atoms with E-state index in [1.54, 1.807) is 17.5 Å². The number of carboxylic acids is 1. The summed E-state index contributed by atoms with van der Waals surface area (Å²) in [6, 6.07) is 1.17. The number of nitrogens with one attached hydrogen (secondary N) is 2. The number of nitrogens with zero attached hydrogens (tertiary/aromatic N) is 1. The summed E-state index contributed by atoms with van der Waals surface area (Å²) in [5, 5.41) is 15.3. The first-order chi connectivity index (χ1) is 15.1. The Morgan fingerprint density at radius 1 is 1.41 bits per heavy atom. The number of carbonyl (C=O) groups is 5. The predicted octanol–water partition coefficient (Wildman–Crippen LogP) is -0.267. The molecule has 32 heavy (non-hydrogen) atoms. The monoisotopic (exact) mass is 484 g/mol. The van der Waals surface area contributed by atoms with E-state index in [1.807, 2.05) is 0 Å². The van der Waals surface area contributed by atoms with Crippen molar-refractivity contribution in [2.75, 3.05) is 19.5 Å². The van der Waals surface area contributed by atoms with Crippen molar-refractivity contribution in [3.05, 3.63) is 33.7 Å². The van der Waals surface area contributed by atoms with Crippen molar-refractivity contribution < 1.29 is 38.6 Å². The maximum Gasteiger partial charge on any atom is 0.352 e. The number of ether oxygens (including phenoxy) is 2. The molecule has 3 rings (SSSR count). The number of thioether (sulfide) groups is 1. The molecule has 0 radical (unpaired) electrons. The molecule has 0 spiro atoms. The van der Waals surface area contributed by atoms with Crippen LogP contribution in [0, 0.1) is 0 Å². The third-order valence-corrected chi connectivity index (χ3v) is 7.08. The molecule has 4 amide bonds. The van der Waals surface area contributed by atoms with Crippen LogP contribution in [0.5, 0.6) is 0 Å². The molecule has 3 heterocycles. The van der Waals surface area contributed by atoms with E-state index in [9.17, 15) is 29.1 Å². The highest BCUT2D eigenvalue weighted by Crippen LogP contribution is 2.46. The van der Waals surface area contributed by atoms with E-state index in [0.717, 1.165) is 16.7 Å². The Morgan fingerprint density at radius 3 is 2.66 bits per heavy atom. The summed E-state index contributed by atoms with van der Waals surface area (Å²) in [5.41, 5.74) is 3.24. The molecule has 1 aromatic rings. The normalized spacial score (nSPS) is 23.0. The van der Waals surface area contributed by atoms with Gasteiger partial charge in [-0.2, -0.15) is 0 Å². The van der Waals surface area contributed by atoms with Gasteiger partial charge >= 0.3 is 18.0 Å². The fourth-order valence-electron chi connectivity index (χ4n) is 3.36. The summed E-state index contributed by atoms with van der Waals surface area (Å²) < 4.78 is 10.3. The number of amides is 4. The SMILES string of the molecule is CO[C@]1(NC(=O)C(NC(N)=O)c2cccs2)C(=O)N2C(C(=O)O)=C(COC(C)=O)CSC21. The lowest BCUT2D eigenvalue weighted by molar-refractivity contribution is -0.193. The van der Waals surface area contributed by atoms with Gasteiger partial charge in [0.2, 0.25) is 0 Å². The van der Waals surface area contributed by atoms with Crippen molar-refractivity contribution in [3.63, 3.8) is 0 Å². The van der Waals surface area contributed by atoms with Crippen LogP contribution < -0.4 is 16.4 Å².